The Morgan fingerprint density at radius 1 is 1.15 bits per heavy atom. The number of fused-ring (bicyclic) bond motifs is 5. The van der Waals surface area contributed by atoms with Gasteiger partial charge in [-0.25, -0.2) is 4.79 Å². The van der Waals surface area contributed by atoms with Crippen LogP contribution in [-0.4, -0.2) is 38.8 Å². The van der Waals surface area contributed by atoms with Crippen LogP contribution in [-0.2, 0) is 9.59 Å². The molecule has 4 unspecified atom stereocenters. The molecule has 0 saturated heterocycles. The lowest BCUT2D eigenvalue weighted by molar-refractivity contribution is -0.169. The first kappa shape index (κ1) is 19.1. The Morgan fingerprint density at radius 3 is 2.59 bits per heavy atom. The van der Waals surface area contributed by atoms with Crippen LogP contribution < -0.4 is 0 Å². The number of aliphatic carboxylic acids is 1. The number of Topliss-reactive ketones (excluding diaryl/α,β-unsaturated/α-hetero) is 1. The average molecular weight is 376 g/mol. The number of ketones is 1. The molecular formula is C22H32O5. The summed E-state index contributed by atoms with van der Waals surface area (Å²) >= 11 is 0. The maximum absolute atomic E-state index is 13.4. The largest absolute Gasteiger partial charge is 0.478 e. The summed E-state index contributed by atoms with van der Waals surface area (Å²) < 4.78 is 0. The van der Waals surface area contributed by atoms with Gasteiger partial charge in [-0.1, -0.05) is 13.8 Å². The number of hydrogen-bond acceptors (Lipinski definition) is 4. The van der Waals surface area contributed by atoms with E-state index in [1.54, 1.807) is 0 Å². The van der Waals surface area contributed by atoms with Gasteiger partial charge in [0.05, 0.1) is 11.7 Å². The van der Waals surface area contributed by atoms with Crippen molar-refractivity contribution in [2.45, 2.75) is 76.9 Å². The van der Waals surface area contributed by atoms with Crippen LogP contribution in [0.1, 0.15) is 65.2 Å². The maximum atomic E-state index is 13.4. The van der Waals surface area contributed by atoms with Crippen molar-refractivity contribution >= 4 is 11.8 Å². The van der Waals surface area contributed by atoms with Crippen LogP contribution >= 0.6 is 0 Å². The van der Waals surface area contributed by atoms with Crippen molar-refractivity contribution in [1.82, 2.24) is 0 Å². The number of aliphatic hydroxyl groups excluding tert-OH is 1. The van der Waals surface area contributed by atoms with Crippen LogP contribution in [0, 0.1) is 34.5 Å². The highest BCUT2D eigenvalue weighted by Gasteiger charge is 2.66. The smallest absolute Gasteiger partial charge is 0.328 e. The number of carbonyl (C=O) groups excluding carboxylic acids is 1. The standard InChI is InChI=1S/C22H32O5/c1-20-8-5-14(23)11-13(20)3-4-15-16-6-9-22(27,10-7-18(25)26)21(16,2)12-17(24)19(15)20/h7,10,13-16,19,23,27H,3-6,8-9,11-12H2,1-2H3,(H,25,26)/b10-7-/t13?,14-,15?,16?,19?,20+,21+,22+/m1/s1. The van der Waals surface area contributed by atoms with Gasteiger partial charge in [-0.2, -0.15) is 0 Å². The van der Waals surface area contributed by atoms with Crippen LogP contribution in [0.2, 0.25) is 0 Å². The average Bonchev–Trinajstić information content (AvgIpc) is 2.85. The molecule has 27 heavy (non-hydrogen) atoms. The quantitative estimate of drug-likeness (QED) is 0.644. The second-order valence-electron chi connectivity index (χ2n) is 10.2. The molecule has 4 rings (SSSR count). The van der Waals surface area contributed by atoms with Crippen molar-refractivity contribution in [3.05, 3.63) is 12.2 Å². The summed E-state index contributed by atoms with van der Waals surface area (Å²) in [6, 6.07) is 0. The Morgan fingerprint density at radius 2 is 1.89 bits per heavy atom. The Balaban J connectivity index is 1.67. The van der Waals surface area contributed by atoms with Gasteiger partial charge in [-0.05, 0) is 74.2 Å². The molecule has 5 heteroatoms. The van der Waals surface area contributed by atoms with E-state index in [1.165, 1.54) is 6.08 Å². The summed E-state index contributed by atoms with van der Waals surface area (Å²) in [5, 5.41) is 30.4. The minimum absolute atomic E-state index is 0.0210. The maximum Gasteiger partial charge on any atom is 0.328 e. The van der Waals surface area contributed by atoms with Gasteiger partial charge in [0.1, 0.15) is 5.78 Å². The molecule has 0 radical (unpaired) electrons. The third-order valence-corrected chi connectivity index (χ3v) is 9.04. The van der Waals surface area contributed by atoms with Crippen molar-refractivity contribution < 1.29 is 24.9 Å². The van der Waals surface area contributed by atoms with Gasteiger partial charge in [0.2, 0.25) is 0 Å². The minimum Gasteiger partial charge on any atom is -0.478 e. The first-order valence-corrected chi connectivity index (χ1v) is 10.5. The fourth-order valence-electron chi connectivity index (χ4n) is 7.57. The van der Waals surface area contributed by atoms with E-state index < -0.39 is 17.0 Å². The van der Waals surface area contributed by atoms with E-state index in [1.807, 2.05) is 6.92 Å². The summed E-state index contributed by atoms with van der Waals surface area (Å²) in [5.74, 6) is 0.111. The SMILES string of the molecule is C[C@]12CC[C@@H](O)CC1CCC1C2C(=O)C[C@@]2(C)C1CC[C@]2(O)/C=C\C(=O)O. The Hall–Kier alpha value is -1.20. The topological polar surface area (TPSA) is 94.8 Å². The molecule has 0 amide bonds. The van der Waals surface area contributed by atoms with Crippen LogP contribution in [0.15, 0.2) is 12.2 Å². The van der Waals surface area contributed by atoms with E-state index in [9.17, 15) is 19.8 Å². The molecule has 0 aromatic carbocycles. The summed E-state index contributed by atoms with van der Waals surface area (Å²) in [4.78, 5) is 24.4. The first-order chi connectivity index (χ1) is 12.6. The van der Waals surface area contributed by atoms with E-state index in [4.69, 9.17) is 5.11 Å². The molecule has 3 N–H and O–H groups in total. The fourth-order valence-corrected chi connectivity index (χ4v) is 7.57. The lowest BCUT2D eigenvalue weighted by Crippen LogP contribution is -2.60. The van der Waals surface area contributed by atoms with Crippen molar-refractivity contribution in [3.63, 3.8) is 0 Å². The van der Waals surface area contributed by atoms with Gasteiger partial charge in [0.25, 0.3) is 0 Å². The molecule has 4 aliphatic rings. The zero-order valence-corrected chi connectivity index (χ0v) is 16.4. The second-order valence-corrected chi connectivity index (χ2v) is 10.2. The number of aliphatic hydroxyl groups is 2. The molecule has 0 spiro atoms. The van der Waals surface area contributed by atoms with E-state index in [-0.39, 0.29) is 35.1 Å². The van der Waals surface area contributed by atoms with Crippen LogP contribution in [0.5, 0.6) is 0 Å². The summed E-state index contributed by atoms with van der Waals surface area (Å²) in [6.45, 7) is 4.25. The van der Waals surface area contributed by atoms with E-state index in [2.05, 4.69) is 6.92 Å². The predicted octanol–water partition coefficient (Wildman–Crippen LogP) is 2.94. The first-order valence-electron chi connectivity index (χ1n) is 10.5. The Labute approximate surface area is 160 Å². The van der Waals surface area contributed by atoms with E-state index >= 15 is 0 Å². The number of carboxylic acid groups (broad SMARTS) is 1. The summed E-state index contributed by atoms with van der Waals surface area (Å²) in [6.07, 6.45) is 8.40. The van der Waals surface area contributed by atoms with Gasteiger partial charge >= 0.3 is 5.97 Å². The molecule has 150 valence electrons. The number of rotatable bonds is 2. The van der Waals surface area contributed by atoms with Gasteiger partial charge in [0, 0.05) is 23.8 Å². The van der Waals surface area contributed by atoms with Gasteiger partial charge in [-0.3, -0.25) is 4.79 Å². The highest BCUT2D eigenvalue weighted by molar-refractivity contribution is 5.85. The third-order valence-electron chi connectivity index (χ3n) is 9.04. The van der Waals surface area contributed by atoms with E-state index in [0.29, 0.717) is 18.8 Å². The van der Waals surface area contributed by atoms with Gasteiger partial charge < -0.3 is 15.3 Å². The molecule has 4 fully saturated rings. The van der Waals surface area contributed by atoms with Gasteiger partial charge in [0.15, 0.2) is 0 Å². The molecule has 0 bridgehead atoms. The Bertz CT molecular complexity index is 686. The molecule has 0 aliphatic heterocycles. The van der Waals surface area contributed by atoms with Crippen molar-refractivity contribution in [1.29, 1.82) is 0 Å². The highest BCUT2D eigenvalue weighted by Crippen LogP contribution is 2.67. The molecular weight excluding hydrogens is 344 g/mol. The zero-order chi connectivity index (χ0) is 19.6. The van der Waals surface area contributed by atoms with E-state index in [0.717, 1.165) is 44.6 Å². The molecule has 0 aromatic rings. The van der Waals surface area contributed by atoms with Crippen molar-refractivity contribution in [2.75, 3.05) is 0 Å². The lowest BCUT2D eigenvalue weighted by Gasteiger charge is -2.60. The zero-order valence-electron chi connectivity index (χ0n) is 16.4. The normalized spacial score (nSPS) is 52.3. The molecule has 4 aliphatic carbocycles. The second kappa shape index (κ2) is 6.15. The van der Waals surface area contributed by atoms with Crippen molar-refractivity contribution in [3.8, 4) is 0 Å². The van der Waals surface area contributed by atoms with Crippen molar-refractivity contribution in [2.24, 2.45) is 34.5 Å². The molecule has 5 nitrogen and oxygen atoms in total. The Kier molecular flexibility index (Phi) is 4.36. The molecule has 0 aromatic heterocycles. The van der Waals surface area contributed by atoms with Crippen LogP contribution in [0.4, 0.5) is 0 Å². The summed E-state index contributed by atoms with van der Waals surface area (Å²) in [7, 11) is 0. The monoisotopic (exact) mass is 376 g/mol. The number of hydrogen-bond donors (Lipinski definition) is 3. The number of carbonyl (C=O) groups is 2. The van der Waals surface area contributed by atoms with Crippen LogP contribution in [0.25, 0.3) is 0 Å². The van der Waals surface area contributed by atoms with Gasteiger partial charge in [-0.15, -0.1) is 0 Å². The lowest BCUT2D eigenvalue weighted by atomic mass is 9.44. The minimum atomic E-state index is -1.23. The molecule has 0 heterocycles. The fraction of sp³-hybridized carbons (Fsp3) is 0.818. The summed E-state index contributed by atoms with van der Waals surface area (Å²) in [5.41, 5.74) is -1.86. The third kappa shape index (κ3) is 2.65. The molecule has 4 saturated carbocycles. The highest BCUT2D eigenvalue weighted by atomic mass is 16.4. The number of carboxylic acids is 1. The van der Waals surface area contributed by atoms with Crippen LogP contribution in [0.3, 0.4) is 0 Å². The predicted molar refractivity (Wildman–Crippen MR) is 99.8 cm³/mol. The molecule has 8 atom stereocenters.